The Hall–Kier alpha value is -1.29. The number of pyridine rings is 1. The van der Waals surface area contributed by atoms with Gasteiger partial charge in [-0.15, -0.1) is 0 Å². The molecular formula is C12H18N2O2. The number of anilines is 1. The predicted molar refractivity (Wildman–Crippen MR) is 63.7 cm³/mol. The Labute approximate surface area is 94.9 Å². The van der Waals surface area contributed by atoms with Crippen molar-refractivity contribution in [2.45, 2.75) is 44.9 Å². The van der Waals surface area contributed by atoms with Gasteiger partial charge in [0, 0.05) is 12.2 Å². The van der Waals surface area contributed by atoms with Gasteiger partial charge in [-0.1, -0.05) is 0 Å². The quantitative estimate of drug-likeness (QED) is 0.812. The van der Waals surface area contributed by atoms with Crippen molar-refractivity contribution < 1.29 is 5.11 Å². The van der Waals surface area contributed by atoms with Gasteiger partial charge in [-0.2, -0.15) is 0 Å². The van der Waals surface area contributed by atoms with Crippen LogP contribution in [0.15, 0.2) is 23.1 Å². The van der Waals surface area contributed by atoms with Crippen LogP contribution in [0.2, 0.25) is 0 Å². The first-order valence-corrected chi connectivity index (χ1v) is 5.75. The van der Waals surface area contributed by atoms with Crippen LogP contribution in [0.25, 0.3) is 0 Å². The molecule has 0 aromatic carbocycles. The molecule has 1 aromatic heterocycles. The molecule has 1 saturated carbocycles. The summed E-state index contributed by atoms with van der Waals surface area (Å²) in [5.74, 6) is 0. The maximum Gasteiger partial charge on any atom is 0.274 e. The first-order valence-electron chi connectivity index (χ1n) is 5.75. The van der Waals surface area contributed by atoms with E-state index in [2.05, 4.69) is 5.32 Å². The van der Waals surface area contributed by atoms with E-state index in [9.17, 15) is 9.90 Å². The molecule has 0 radical (unpaired) electrons. The van der Waals surface area contributed by atoms with Crippen molar-refractivity contribution in [3.05, 3.63) is 28.7 Å². The lowest BCUT2D eigenvalue weighted by molar-refractivity contribution is 0.0300. The van der Waals surface area contributed by atoms with Crippen LogP contribution in [-0.2, 0) is 0 Å². The minimum Gasteiger partial charge on any atom is -0.391 e. The normalized spacial score (nSPS) is 24.2. The summed E-state index contributed by atoms with van der Waals surface area (Å²) >= 11 is 0. The van der Waals surface area contributed by atoms with E-state index < -0.39 is 0 Å². The minimum absolute atomic E-state index is 0.0404. The van der Waals surface area contributed by atoms with Crippen molar-refractivity contribution in [2.75, 3.05) is 5.32 Å². The fourth-order valence-electron chi connectivity index (χ4n) is 1.98. The van der Waals surface area contributed by atoms with Crippen LogP contribution in [0.1, 0.15) is 32.7 Å². The van der Waals surface area contributed by atoms with Gasteiger partial charge in [-0.05, 0) is 38.8 Å². The molecule has 2 N–H and O–H groups in total. The molecule has 1 aliphatic carbocycles. The summed E-state index contributed by atoms with van der Waals surface area (Å²) in [4.78, 5) is 12.1. The zero-order valence-corrected chi connectivity index (χ0v) is 9.68. The van der Waals surface area contributed by atoms with Crippen LogP contribution >= 0.6 is 0 Å². The summed E-state index contributed by atoms with van der Waals surface area (Å²) in [6, 6.07) is 3.82. The second-order valence-electron chi connectivity index (χ2n) is 4.65. The van der Waals surface area contributed by atoms with E-state index in [-0.39, 0.29) is 23.7 Å². The number of aliphatic hydroxyl groups is 1. The van der Waals surface area contributed by atoms with Gasteiger partial charge in [0.1, 0.15) is 5.69 Å². The topological polar surface area (TPSA) is 54.3 Å². The molecule has 2 atom stereocenters. The largest absolute Gasteiger partial charge is 0.391 e. The van der Waals surface area contributed by atoms with Gasteiger partial charge in [0.25, 0.3) is 5.56 Å². The molecule has 88 valence electrons. The Morgan fingerprint density at radius 1 is 1.50 bits per heavy atom. The monoisotopic (exact) mass is 222 g/mol. The first kappa shape index (κ1) is 11.2. The third-order valence-corrected chi connectivity index (χ3v) is 2.98. The summed E-state index contributed by atoms with van der Waals surface area (Å²) in [6.45, 7) is 3.99. The highest BCUT2D eigenvalue weighted by Gasteiger charge is 2.31. The smallest absolute Gasteiger partial charge is 0.274 e. The van der Waals surface area contributed by atoms with Gasteiger partial charge in [0.15, 0.2) is 0 Å². The average molecular weight is 222 g/mol. The van der Waals surface area contributed by atoms with E-state index >= 15 is 0 Å². The molecule has 0 saturated heterocycles. The molecule has 1 aliphatic rings. The standard InChI is InChI=1S/C12H18N2O2/c1-8(2)13-9-4-3-7-14(12(9)16)10-5-6-11(10)15/h3-4,7-8,10-11,13,15H,5-6H2,1-2H3/t10-,11-/m0/s1. The summed E-state index contributed by atoms with van der Waals surface area (Å²) in [6.07, 6.45) is 3.05. The molecule has 4 heteroatoms. The van der Waals surface area contributed by atoms with E-state index in [1.54, 1.807) is 16.8 Å². The van der Waals surface area contributed by atoms with Gasteiger partial charge < -0.3 is 15.0 Å². The first-order chi connectivity index (χ1) is 7.59. The maximum atomic E-state index is 12.1. The lowest BCUT2D eigenvalue weighted by atomic mass is 9.89. The summed E-state index contributed by atoms with van der Waals surface area (Å²) in [7, 11) is 0. The lowest BCUT2D eigenvalue weighted by Gasteiger charge is -2.34. The van der Waals surface area contributed by atoms with Gasteiger partial charge in [-0.25, -0.2) is 0 Å². The predicted octanol–water partition coefficient (Wildman–Crippen LogP) is 1.36. The SMILES string of the molecule is CC(C)Nc1cccn([C@H]2CC[C@@H]2O)c1=O. The molecule has 1 heterocycles. The highest BCUT2D eigenvalue weighted by Crippen LogP contribution is 2.30. The molecule has 0 spiro atoms. The minimum atomic E-state index is -0.369. The number of aromatic nitrogens is 1. The van der Waals surface area contributed by atoms with Crippen molar-refractivity contribution in [3.8, 4) is 0 Å². The Bertz CT molecular complexity index is 425. The summed E-state index contributed by atoms with van der Waals surface area (Å²) < 4.78 is 1.64. The van der Waals surface area contributed by atoms with Gasteiger partial charge in [0.2, 0.25) is 0 Å². The summed E-state index contributed by atoms with van der Waals surface area (Å²) in [5.41, 5.74) is 0.566. The number of hydrogen-bond donors (Lipinski definition) is 2. The third kappa shape index (κ3) is 1.97. The molecule has 0 aliphatic heterocycles. The van der Waals surface area contributed by atoms with E-state index in [1.807, 2.05) is 19.9 Å². The fraction of sp³-hybridized carbons (Fsp3) is 0.583. The molecule has 2 rings (SSSR count). The highest BCUT2D eigenvalue weighted by molar-refractivity contribution is 5.41. The van der Waals surface area contributed by atoms with Crippen LogP contribution in [0.4, 0.5) is 5.69 Å². The maximum absolute atomic E-state index is 12.1. The van der Waals surface area contributed by atoms with Crippen molar-refractivity contribution in [1.29, 1.82) is 0 Å². The Morgan fingerprint density at radius 3 is 2.75 bits per heavy atom. The number of nitrogens with one attached hydrogen (secondary N) is 1. The van der Waals surface area contributed by atoms with Crippen LogP contribution < -0.4 is 10.9 Å². The van der Waals surface area contributed by atoms with Gasteiger partial charge in [-0.3, -0.25) is 4.79 Å². The third-order valence-electron chi connectivity index (χ3n) is 2.98. The van der Waals surface area contributed by atoms with Crippen molar-refractivity contribution in [1.82, 2.24) is 4.57 Å². The number of hydrogen-bond acceptors (Lipinski definition) is 3. The van der Waals surface area contributed by atoms with Crippen LogP contribution in [0.3, 0.4) is 0 Å². The van der Waals surface area contributed by atoms with Crippen LogP contribution in [-0.4, -0.2) is 21.8 Å². The zero-order valence-electron chi connectivity index (χ0n) is 9.68. The average Bonchev–Trinajstić information content (AvgIpc) is 2.21. The molecular weight excluding hydrogens is 204 g/mol. The zero-order chi connectivity index (χ0) is 11.7. The molecule has 0 unspecified atom stereocenters. The molecule has 1 fully saturated rings. The second-order valence-corrected chi connectivity index (χ2v) is 4.65. The second kappa shape index (κ2) is 4.29. The molecule has 4 nitrogen and oxygen atoms in total. The van der Waals surface area contributed by atoms with Gasteiger partial charge >= 0.3 is 0 Å². The van der Waals surface area contributed by atoms with E-state index in [0.29, 0.717) is 5.69 Å². The molecule has 16 heavy (non-hydrogen) atoms. The fourth-order valence-corrected chi connectivity index (χ4v) is 1.98. The molecule has 0 amide bonds. The number of rotatable bonds is 3. The van der Waals surface area contributed by atoms with Crippen LogP contribution in [0.5, 0.6) is 0 Å². The van der Waals surface area contributed by atoms with Crippen LogP contribution in [0, 0.1) is 0 Å². The van der Waals surface area contributed by atoms with Gasteiger partial charge in [0.05, 0.1) is 12.1 Å². The van der Waals surface area contributed by atoms with E-state index in [0.717, 1.165) is 12.8 Å². The number of aliphatic hydroxyl groups excluding tert-OH is 1. The van der Waals surface area contributed by atoms with E-state index in [1.165, 1.54) is 0 Å². The van der Waals surface area contributed by atoms with Crippen molar-refractivity contribution >= 4 is 5.69 Å². The molecule has 0 bridgehead atoms. The lowest BCUT2D eigenvalue weighted by Crippen LogP contribution is -2.39. The van der Waals surface area contributed by atoms with Crippen molar-refractivity contribution in [3.63, 3.8) is 0 Å². The summed E-state index contributed by atoms with van der Waals surface area (Å²) in [5, 5.41) is 12.7. The Balaban J connectivity index is 2.29. The Morgan fingerprint density at radius 2 is 2.25 bits per heavy atom. The van der Waals surface area contributed by atoms with E-state index in [4.69, 9.17) is 0 Å². The molecule has 1 aromatic rings. The van der Waals surface area contributed by atoms with Crippen molar-refractivity contribution in [2.24, 2.45) is 0 Å². The number of nitrogens with zero attached hydrogens (tertiary/aromatic N) is 1. The Kier molecular flexibility index (Phi) is 3.01. The highest BCUT2D eigenvalue weighted by atomic mass is 16.3.